The standard InChI is InChI=1S/C11H12FN3/c12-10-4-2-1-3-9(10)11(5-13)15-6-8(14)7-15/h1-4,8,11H,6-7,14H2. The van der Waals surface area contributed by atoms with Crippen molar-refractivity contribution in [3.8, 4) is 6.07 Å². The largest absolute Gasteiger partial charge is 0.325 e. The molecular weight excluding hydrogens is 193 g/mol. The lowest BCUT2D eigenvalue weighted by atomic mass is 10.0. The molecule has 0 aromatic heterocycles. The van der Waals surface area contributed by atoms with Gasteiger partial charge < -0.3 is 5.73 Å². The molecule has 1 saturated heterocycles. The molecule has 0 radical (unpaired) electrons. The number of likely N-dealkylation sites (tertiary alicyclic amines) is 1. The van der Waals surface area contributed by atoms with Gasteiger partial charge in [-0.25, -0.2) is 4.39 Å². The van der Waals surface area contributed by atoms with Crippen molar-refractivity contribution in [3.05, 3.63) is 35.6 Å². The summed E-state index contributed by atoms with van der Waals surface area (Å²) in [5, 5.41) is 9.03. The van der Waals surface area contributed by atoms with E-state index in [9.17, 15) is 4.39 Å². The molecule has 1 aromatic carbocycles. The monoisotopic (exact) mass is 205 g/mol. The van der Waals surface area contributed by atoms with Crippen molar-refractivity contribution in [3.63, 3.8) is 0 Å². The van der Waals surface area contributed by atoms with E-state index in [0.717, 1.165) is 0 Å². The first-order valence-electron chi connectivity index (χ1n) is 4.86. The molecule has 4 heteroatoms. The molecule has 15 heavy (non-hydrogen) atoms. The zero-order chi connectivity index (χ0) is 10.8. The molecule has 2 rings (SSSR count). The Bertz CT molecular complexity index is 393. The maximum absolute atomic E-state index is 13.4. The summed E-state index contributed by atoms with van der Waals surface area (Å²) in [7, 11) is 0. The molecule has 1 unspecified atom stereocenters. The van der Waals surface area contributed by atoms with Gasteiger partial charge in [0.2, 0.25) is 0 Å². The predicted molar refractivity (Wildman–Crippen MR) is 54.3 cm³/mol. The summed E-state index contributed by atoms with van der Waals surface area (Å²) in [4.78, 5) is 1.88. The molecule has 2 N–H and O–H groups in total. The van der Waals surface area contributed by atoms with E-state index in [1.165, 1.54) is 6.07 Å². The molecule has 0 bridgehead atoms. The van der Waals surface area contributed by atoms with Crippen LogP contribution in [0.25, 0.3) is 0 Å². The van der Waals surface area contributed by atoms with E-state index in [0.29, 0.717) is 18.7 Å². The van der Waals surface area contributed by atoms with Crippen molar-refractivity contribution in [1.82, 2.24) is 4.90 Å². The Labute approximate surface area is 87.9 Å². The highest BCUT2D eigenvalue weighted by Crippen LogP contribution is 2.26. The normalized spacial score (nSPS) is 19.3. The second-order valence-electron chi connectivity index (χ2n) is 3.77. The number of nitrogens with two attached hydrogens (primary N) is 1. The number of hydrogen-bond donors (Lipinski definition) is 1. The smallest absolute Gasteiger partial charge is 0.129 e. The number of nitriles is 1. The van der Waals surface area contributed by atoms with Crippen molar-refractivity contribution < 1.29 is 4.39 Å². The number of rotatable bonds is 2. The van der Waals surface area contributed by atoms with E-state index >= 15 is 0 Å². The topological polar surface area (TPSA) is 53.0 Å². The minimum absolute atomic E-state index is 0.118. The predicted octanol–water partition coefficient (Wildman–Crippen LogP) is 1.03. The van der Waals surface area contributed by atoms with Crippen LogP contribution >= 0.6 is 0 Å². The number of halogens is 1. The second-order valence-corrected chi connectivity index (χ2v) is 3.77. The van der Waals surface area contributed by atoms with Gasteiger partial charge in [-0.15, -0.1) is 0 Å². The van der Waals surface area contributed by atoms with Crippen LogP contribution in [0.5, 0.6) is 0 Å². The van der Waals surface area contributed by atoms with E-state index in [2.05, 4.69) is 6.07 Å². The van der Waals surface area contributed by atoms with Gasteiger partial charge in [-0.2, -0.15) is 5.26 Å². The highest BCUT2D eigenvalue weighted by Gasteiger charge is 2.31. The van der Waals surface area contributed by atoms with Gasteiger partial charge in [0.15, 0.2) is 0 Å². The molecule has 1 fully saturated rings. The molecule has 1 aliphatic rings. The van der Waals surface area contributed by atoms with Gasteiger partial charge >= 0.3 is 0 Å². The van der Waals surface area contributed by atoms with Crippen LogP contribution in [0.1, 0.15) is 11.6 Å². The third kappa shape index (κ3) is 1.84. The average Bonchev–Trinajstić information content (AvgIpc) is 2.19. The molecule has 1 heterocycles. The van der Waals surface area contributed by atoms with Gasteiger partial charge in [-0.3, -0.25) is 4.90 Å². The third-order valence-electron chi connectivity index (χ3n) is 2.63. The van der Waals surface area contributed by atoms with Crippen LogP contribution in [-0.4, -0.2) is 24.0 Å². The van der Waals surface area contributed by atoms with Crippen molar-refractivity contribution >= 4 is 0 Å². The summed E-state index contributed by atoms with van der Waals surface area (Å²) in [5.41, 5.74) is 6.07. The summed E-state index contributed by atoms with van der Waals surface area (Å²) in [6.45, 7) is 1.32. The van der Waals surface area contributed by atoms with Crippen LogP contribution in [0.3, 0.4) is 0 Å². The van der Waals surface area contributed by atoms with Crippen LogP contribution in [0.2, 0.25) is 0 Å². The Morgan fingerprint density at radius 2 is 2.13 bits per heavy atom. The fourth-order valence-electron chi connectivity index (χ4n) is 1.80. The van der Waals surface area contributed by atoms with E-state index < -0.39 is 6.04 Å². The van der Waals surface area contributed by atoms with Gasteiger partial charge in [-0.1, -0.05) is 18.2 Å². The van der Waals surface area contributed by atoms with Crippen molar-refractivity contribution in [2.45, 2.75) is 12.1 Å². The first kappa shape index (κ1) is 10.1. The lowest BCUT2D eigenvalue weighted by Crippen LogP contribution is -2.56. The van der Waals surface area contributed by atoms with Gasteiger partial charge in [0.25, 0.3) is 0 Å². The number of hydrogen-bond acceptors (Lipinski definition) is 3. The van der Waals surface area contributed by atoms with Gasteiger partial charge in [0.05, 0.1) is 6.07 Å². The van der Waals surface area contributed by atoms with Crippen LogP contribution in [0.4, 0.5) is 4.39 Å². The van der Waals surface area contributed by atoms with Crippen molar-refractivity contribution in [2.75, 3.05) is 13.1 Å². The zero-order valence-electron chi connectivity index (χ0n) is 8.23. The highest BCUT2D eigenvalue weighted by molar-refractivity contribution is 5.26. The van der Waals surface area contributed by atoms with E-state index in [1.54, 1.807) is 18.2 Å². The average molecular weight is 205 g/mol. The quantitative estimate of drug-likeness (QED) is 0.784. The fraction of sp³-hybridized carbons (Fsp3) is 0.364. The van der Waals surface area contributed by atoms with E-state index in [4.69, 9.17) is 11.0 Å². The molecule has 0 amide bonds. The molecule has 1 atom stereocenters. The van der Waals surface area contributed by atoms with Crippen molar-refractivity contribution in [2.24, 2.45) is 5.73 Å². The number of nitrogens with zero attached hydrogens (tertiary/aromatic N) is 2. The Kier molecular flexibility index (Phi) is 2.67. The molecule has 78 valence electrons. The van der Waals surface area contributed by atoms with Crippen LogP contribution in [0, 0.1) is 17.1 Å². The molecule has 1 aliphatic heterocycles. The molecule has 0 saturated carbocycles. The van der Waals surface area contributed by atoms with E-state index in [-0.39, 0.29) is 11.9 Å². The molecular formula is C11H12FN3. The summed E-state index contributed by atoms with van der Waals surface area (Å²) >= 11 is 0. The van der Waals surface area contributed by atoms with Crippen LogP contribution in [-0.2, 0) is 0 Å². The van der Waals surface area contributed by atoms with Gasteiger partial charge in [0, 0.05) is 24.7 Å². The van der Waals surface area contributed by atoms with E-state index in [1.807, 2.05) is 4.90 Å². The molecule has 0 aliphatic carbocycles. The maximum Gasteiger partial charge on any atom is 0.129 e. The Morgan fingerprint density at radius 1 is 1.47 bits per heavy atom. The van der Waals surface area contributed by atoms with Crippen molar-refractivity contribution in [1.29, 1.82) is 5.26 Å². The summed E-state index contributed by atoms with van der Waals surface area (Å²) in [6, 6.07) is 8.10. The van der Waals surface area contributed by atoms with Gasteiger partial charge in [0.1, 0.15) is 11.9 Å². The first-order chi connectivity index (χ1) is 7.22. The first-order valence-corrected chi connectivity index (χ1v) is 4.86. The molecule has 0 spiro atoms. The third-order valence-corrected chi connectivity index (χ3v) is 2.63. The Hall–Kier alpha value is -1.44. The lowest BCUT2D eigenvalue weighted by molar-refractivity contribution is 0.119. The molecule has 3 nitrogen and oxygen atoms in total. The lowest BCUT2D eigenvalue weighted by Gasteiger charge is -2.39. The Balaban J connectivity index is 2.21. The van der Waals surface area contributed by atoms with Gasteiger partial charge in [-0.05, 0) is 6.07 Å². The Morgan fingerprint density at radius 3 is 2.67 bits per heavy atom. The zero-order valence-corrected chi connectivity index (χ0v) is 8.23. The second kappa shape index (κ2) is 3.97. The highest BCUT2D eigenvalue weighted by atomic mass is 19.1. The molecule has 1 aromatic rings. The van der Waals surface area contributed by atoms with Crippen LogP contribution < -0.4 is 5.73 Å². The minimum atomic E-state index is -0.508. The summed E-state index contributed by atoms with van der Waals surface area (Å²) < 4.78 is 13.4. The van der Waals surface area contributed by atoms with Crippen LogP contribution in [0.15, 0.2) is 24.3 Å². The minimum Gasteiger partial charge on any atom is -0.325 e. The SMILES string of the molecule is N#CC(c1ccccc1F)N1CC(N)C1. The summed E-state index contributed by atoms with van der Waals surface area (Å²) in [5.74, 6) is -0.329. The number of benzene rings is 1. The maximum atomic E-state index is 13.4. The fourth-order valence-corrected chi connectivity index (χ4v) is 1.80. The summed E-state index contributed by atoms with van der Waals surface area (Å²) in [6.07, 6.45) is 0.